The third-order valence-electron chi connectivity index (χ3n) is 3.67. The standard InChI is InChI=1S/C16H26N2O2S/c1-12(11-13-7-5-6-8-15(13)20-3)18(2)16(19)14(17)9-10-21-4/h5-8,12,14H,9-11,17H2,1-4H3/t12?,14-/m1/s1. The lowest BCUT2D eigenvalue weighted by molar-refractivity contribution is -0.133. The van der Waals surface area contributed by atoms with Gasteiger partial charge < -0.3 is 15.4 Å². The Morgan fingerprint density at radius 2 is 2.10 bits per heavy atom. The fourth-order valence-corrected chi connectivity index (χ4v) is 2.66. The minimum absolute atomic E-state index is 0.00597. The van der Waals surface area contributed by atoms with E-state index in [2.05, 4.69) is 0 Å². The average molecular weight is 310 g/mol. The Kier molecular flexibility index (Phi) is 7.61. The number of ether oxygens (including phenoxy) is 1. The molecule has 0 radical (unpaired) electrons. The Bertz CT molecular complexity index is 454. The van der Waals surface area contributed by atoms with Crippen molar-refractivity contribution in [3.05, 3.63) is 29.8 Å². The van der Waals surface area contributed by atoms with Gasteiger partial charge in [0.2, 0.25) is 5.91 Å². The summed E-state index contributed by atoms with van der Waals surface area (Å²) in [4.78, 5) is 14.0. The number of nitrogens with two attached hydrogens (primary N) is 1. The summed E-state index contributed by atoms with van der Waals surface area (Å²) >= 11 is 1.71. The van der Waals surface area contributed by atoms with Crippen molar-refractivity contribution in [1.29, 1.82) is 0 Å². The van der Waals surface area contributed by atoms with Crippen LogP contribution in [0.1, 0.15) is 18.9 Å². The number of rotatable bonds is 8. The first kappa shape index (κ1) is 17.9. The van der Waals surface area contributed by atoms with Gasteiger partial charge in [0.15, 0.2) is 0 Å². The molecule has 2 N–H and O–H groups in total. The zero-order valence-electron chi connectivity index (χ0n) is 13.3. The molecule has 0 spiro atoms. The second-order valence-corrected chi connectivity index (χ2v) is 6.19. The van der Waals surface area contributed by atoms with E-state index in [0.717, 1.165) is 23.5 Å². The van der Waals surface area contributed by atoms with Gasteiger partial charge >= 0.3 is 0 Å². The van der Waals surface area contributed by atoms with Crippen LogP contribution in [0.3, 0.4) is 0 Å². The monoisotopic (exact) mass is 310 g/mol. The third kappa shape index (κ3) is 5.25. The van der Waals surface area contributed by atoms with E-state index in [1.54, 1.807) is 23.8 Å². The Hall–Kier alpha value is -1.20. The summed E-state index contributed by atoms with van der Waals surface area (Å²) in [7, 11) is 3.48. The van der Waals surface area contributed by atoms with Crippen molar-refractivity contribution in [2.45, 2.75) is 31.8 Å². The lowest BCUT2D eigenvalue weighted by atomic mass is 10.0. The molecule has 0 saturated carbocycles. The Labute approximate surface area is 132 Å². The second kappa shape index (κ2) is 8.95. The van der Waals surface area contributed by atoms with Gasteiger partial charge in [-0.2, -0.15) is 11.8 Å². The summed E-state index contributed by atoms with van der Waals surface area (Å²) in [5.74, 6) is 1.77. The summed E-state index contributed by atoms with van der Waals surface area (Å²) < 4.78 is 5.36. The van der Waals surface area contributed by atoms with E-state index in [0.29, 0.717) is 6.42 Å². The minimum atomic E-state index is -0.414. The average Bonchev–Trinajstić information content (AvgIpc) is 2.51. The first-order valence-corrected chi connectivity index (χ1v) is 8.53. The van der Waals surface area contributed by atoms with Crippen molar-refractivity contribution >= 4 is 17.7 Å². The number of thioether (sulfide) groups is 1. The van der Waals surface area contributed by atoms with Gasteiger partial charge in [0.1, 0.15) is 5.75 Å². The number of likely N-dealkylation sites (N-methyl/N-ethyl adjacent to an activating group) is 1. The predicted molar refractivity (Wildman–Crippen MR) is 89.9 cm³/mol. The Morgan fingerprint density at radius 3 is 2.71 bits per heavy atom. The van der Waals surface area contributed by atoms with E-state index in [1.165, 1.54) is 0 Å². The van der Waals surface area contributed by atoms with Crippen LogP contribution in [0.5, 0.6) is 5.75 Å². The largest absolute Gasteiger partial charge is 0.496 e. The van der Waals surface area contributed by atoms with Gasteiger partial charge in [0.05, 0.1) is 13.2 Å². The molecule has 1 aromatic carbocycles. The number of para-hydroxylation sites is 1. The maximum Gasteiger partial charge on any atom is 0.239 e. The molecule has 4 nitrogen and oxygen atoms in total. The van der Waals surface area contributed by atoms with Gasteiger partial charge in [0.25, 0.3) is 0 Å². The van der Waals surface area contributed by atoms with Crippen LogP contribution in [-0.2, 0) is 11.2 Å². The quantitative estimate of drug-likeness (QED) is 0.799. The molecule has 0 aromatic heterocycles. The molecule has 1 aromatic rings. The molecule has 0 saturated heterocycles. The highest BCUT2D eigenvalue weighted by Gasteiger charge is 2.22. The molecular formula is C16H26N2O2S. The predicted octanol–water partition coefficient (Wildman–Crippen LogP) is 2.17. The molecule has 21 heavy (non-hydrogen) atoms. The normalized spacial score (nSPS) is 13.6. The van der Waals surface area contributed by atoms with E-state index in [1.807, 2.05) is 44.5 Å². The summed E-state index contributed by atoms with van der Waals surface area (Å²) in [5, 5.41) is 0. The Balaban J connectivity index is 2.65. The topological polar surface area (TPSA) is 55.6 Å². The van der Waals surface area contributed by atoms with Crippen molar-refractivity contribution in [3.8, 4) is 5.75 Å². The van der Waals surface area contributed by atoms with Crippen molar-refractivity contribution in [2.75, 3.05) is 26.2 Å². The second-order valence-electron chi connectivity index (χ2n) is 5.20. The summed E-state index contributed by atoms with van der Waals surface area (Å²) in [6.07, 6.45) is 3.48. The number of benzene rings is 1. The molecule has 2 atom stereocenters. The van der Waals surface area contributed by atoms with E-state index in [4.69, 9.17) is 10.5 Å². The van der Waals surface area contributed by atoms with Crippen LogP contribution in [0.25, 0.3) is 0 Å². The van der Waals surface area contributed by atoms with Gasteiger partial charge in [-0.1, -0.05) is 18.2 Å². The first-order chi connectivity index (χ1) is 10.0. The number of hydrogen-bond donors (Lipinski definition) is 1. The molecule has 0 aliphatic carbocycles. The lowest BCUT2D eigenvalue weighted by Crippen LogP contribution is -2.46. The zero-order chi connectivity index (χ0) is 15.8. The summed E-state index contributed by atoms with van der Waals surface area (Å²) in [6, 6.07) is 7.56. The third-order valence-corrected chi connectivity index (χ3v) is 4.31. The van der Waals surface area contributed by atoms with E-state index in [9.17, 15) is 4.79 Å². The van der Waals surface area contributed by atoms with Crippen LogP contribution in [-0.4, -0.2) is 49.1 Å². The molecule has 0 aliphatic rings. The van der Waals surface area contributed by atoms with Crippen LogP contribution < -0.4 is 10.5 Å². The number of carbonyl (C=O) groups is 1. The Morgan fingerprint density at radius 1 is 1.43 bits per heavy atom. The minimum Gasteiger partial charge on any atom is -0.496 e. The van der Waals surface area contributed by atoms with Crippen LogP contribution in [0, 0.1) is 0 Å². The molecule has 1 amide bonds. The molecule has 118 valence electrons. The van der Waals surface area contributed by atoms with Gasteiger partial charge in [-0.3, -0.25) is 4.79 Å². The number of nitrogens with zero attached hydrogens (tertiary/aromatic N) is 1. The molecule has 5 heteroatoms. The maximum atomic E-state index is 12.3. The number of carbonyl (C=O) groups excluding carboxylic acids is 1. The number of methoxy groups -OCH3 is 1. The van der Waals surface area contributed by atoms with E-state index in [-0.39, 0.29) is 11.9 Å². The summed E-state index contributed by atoms with van der Waals surface area (Å²) in [6.45, 7) is 2.03. The van der Waals surface area contributed by atoms with E-state index >= 15 is 0 Å². The molecule has 0 bridgehead atoms. The fourth-order valence-electron chi connectivity index (χ4n) is 2.17. The van der Waals surface area contributed by atoms with Crippen molar-refractivity contribution in [2.24, 2.45) is 5.73 Å². The van der Waals surface area contributed by atoms with Crippen LogP contribution in [0.2, 0.25) is 0 Å². The molecule has 1 rings (SSSR count). The van der Waals surface area contributed by atoms with Gasteiger partial charge in [-0.05, 0) is 43.4 Å². The fraction of sp³-hybridized carbons (Fsp3) is 0.562. The van der Waals surface area contributed by atoms with Gasteiger partial charge in [-0.15, -0.1) is 0 Å². The highest BCUT2D eigenvalue weighted by atomic mass is 32.2. The van der Waals surface area contributed by atoms with Crippen LogP contribution in [0.4, 0.5) is 0 Å². The smallest absolute Gasteiger partial charge is 0.239 e. The molecule has 0 aliphatic heterocycles. The lowest BCUT2D eigenvalue weighted by Gasteiger charge is -2.28. The maximum absolute atomic E-state index is 12.3. The highest BCUT2D eigenvalue weighted by molar-refractivity contribution is 7.98. The molecular weight excluding hydrogens is 284 g/mol. The molecule has 0 fully saturated rings. The van der Waals surface area contributed by atoms with Gasteiger partial charge in [-0.25, -0.2) is 0 Å². The highest BCUT2D eigenvalue weighted by Crippen LogP contribution is 2.20. The summed E-state index contributed by atoms with van der Waals surface area (Å²) in [5.41, 5.74) is 7.06. The van der Waals surface area contributed by atoms with Crippen LogP contribution >= 0.6 is 11.8 Å². The zero-order valence-corrected chi connectivity index (χ0v) is 14.2. The first-order valence-electron chi connectivity index (χ1n) is 7.14. The van der Waals surface area contributed by atoms with Crippen LogP contribution in [0.15, 0.2) is 24.3 Å². The van der Waals surface area contributed by atoms with Crippen molar-refractivity contribution < 1.29 is 9.53 Å². The number of amides is 1. The van der Waals surface area contributed by atoms with E-state index < -0.39 is 6.04 Å². The van der Waals surface area contributed by atoms with Crippen molar-refractivity contribution in [1.82, 2.24) is 4.90 Å². The van der Waals surface area contributed by atoms with Crippen molar-refractivity contribution in [3.63, 3.8) is 0 Å². The molecule has 1 unspecified atom stereocenters. The SMILES string of the molecule is COc1ccccc1CC(C)N(C)C(=O)[C@H](N)CCSC. The number of hydrogen-bond acceptors (Lipinski definition) is 4. The molecule has 0 heterocycles. The van der Waals surface area contributed by atoms with Gasteiger partial charge in [0, 0.05) is 13.1 Å².